The van der Waals surface area contributed by atoms with Gasteiger partial charge in [0, 0.05) is 32.4 Å². The second-order valence-corrected chi connectivity index (χ2v) is 24.5. The third kappa shape index (κ3) is 11.9. The van der Waals surface area contributed by atoms with Gasteiger partial charge in [0.15, 0.2) is 5.78 Å². The maximum atomic E-state index is 14.0. The van der Waals surface area contributed by atoms with Crippen molar-refractivity contribution in [2.24, 2.45) is 0 Å². The Morgan fingerprint density at radius 3 is 1.71 bits per heavy atom. The van der Waals surface area contributed by atoms with Crippen LogP contribution in [0.1, 0.15) is 179 Å². The summed E-state index contributed by atoms with van der Waals surface area (Å²) in [5.41, 5.74) is 11.0. The van der Waals surface area contributed by atoms with Crippen molar-refractivity contribution in [1.29, 1.82) is 0 Å². The molecule has 9 heteroatoms. The first-order chi connectivity index (χ1) is 34.4. The van der Waals surface area contributed by atoms with Crippen molar-refractivity contribution < 1.29 is 34.4 Å². The molecule has 6 aromatic rings. The second-order valence-electron chi connectivity index (χ2n) is 22.5. The molecule has 376 valence electrons. The fraction of sp³-hybridized carbons (Fsp3) is 0.328. The third-order valence-corrected chi connectivity index (χ3v) is 17.1. The average molecular weight is 1010 g/mol. The van der Waals surface area contributed by atoms with Crippen molar-refractivity contribution in [3.8, 4) is 23.3 Å². The van der Waals surface area contributed by atoms with Gasteiger partial charge in [-0.05, 0) is 160 Å². The number of fused-ring (bicyclic) bond motifs is 2. The summed E-state index contributed by atoms with van der Waals surface area (Å²) in [7, 11) is 0. The molecule has 0 aliphatic heterocycles. The number of carboxylic acid groups (broad SMARTS) is 1. The van der Waals surface area contributed by atoms with Gasteiger partial charge in [0.1, 0.15) is 28.7 Å². The van der Waals surface area contributed by atoms with E-state index in [1.807, 2.05) is 12.1 Å². The van der Waals surface area contributed by atoms with E-state index < -0.39 is 23.8 Å². The zero-order valence-electron chi connectivity index (χ0n) is 43.7. The quantitative estimate of drug-likeness (QED) is 0.0259. The van der Waals surface area contributed by atoms with Crippen LogP contribution >= 0.6 is 23.5 Å². The molecule has 0 saturated heterocycles. The van der Waals surface area contributed by atoms with Crippen molar-refractivity contribution in [3.05, 3.63) is 193 Å². The van der Waals surface area contributed by atoms with Crippen LogP contribution in [0.3, 0.4) is 0 Å². The summed E-state index contributed by atoms with van der Waals surface area (Å²) in [6, 6.07) is 33.7. The lowest BCUT2D eigenvalue weighted by atomic mass is 9.63. The molecule has 0 fully saturated rings. The molecule has 0 aromatic heterocycles. The average Bonchev–Trinajstić information content (AvgIpc) is 3.34. The van der Waals surface area contributed by atoms with Crippen LogP contribution in [0, 0.1) is 25.7 Å². The molecule has 2 aliphatic rings. The molecular weight excluding hydrogens is 945 g/mol. The minimum atomic E-state index is -1.32. The van der Waals surface area contributed by atoms with Crippen molar-refractivity contribution in [2.45, 2.75) is 144 Å². The van der Waals surface area contributed by atoms with Crippen LogP contribution < -0.4 is 4.74 Å². The highest BCUT2D eigenvalue weighted by atomic mass is 32.2. The molecule has 0 saturated carbocycles. The first-order valence-electron chi connectivity index (χ1n) is 25.0. The van der Waals surface area contributed by atoms with Crippen LogP contribution in [0.15, 0.2) is 125 Å². The molecule has 1 atom stereocenters. The van der Waals surface area contributed by atoms with Gasteiger partial charge in [0.25, 0.3) is 0 Å². The molecule has 3 N–H and O–H groups in total. The predicted molar refractivity (Wildman–Crippen MR) is 297 cm³/mol. The van der Waals surface area contributed by atoms with Crippen LogP contribution in [0.4, 0.5) is 0 Å². The summed E-state index contributed by atoms with van der Waals surface area (Å²) >= 11 is 3.52. The maximum Gasteiger partial charge on any atom is 0.347 e. The van der Waals surface area contributed by atoms with Gasteiger partial charge >= 0.3 is 11.9 Å². The number of phenols is 1. The number of aromatic carboxylic acids is 1. The predicted octanol–water partition coefficient (Wildman–Crippen LogP) is 15.2. The Balaban J connectivity index is 1.01. The van der Waals surface area contributed by atoms with Crippen LogP contribution in [-0.2, 0) is 33.2 Å². The standard InChI is InChI=1S/C64H66O7S2/c1-39-11-15-43(16-12-39)37-72-55-35-45(33-49-57(55)63(7,8)29-27-61(49,3)4)51(65)25-21-41-19-23-47(53(67)31-41)60(70)71-54-32-42(20-24-48(54)59(68)69)22-26-52(66)46-34-50-58(64(9,10)30-28-62(50,5)6)56(36-46)73-38-44-17-13-40(2)14-18-44/h11-20,22-24,26,31-36,51,65,67H,27-30,37-38H2,1-10H3,(H,68,69). The van der Waals surface area contributed by atoms with Gasteiger partial charge in [0.05, 0.1) is 0 Å². The van der Waals surface area contributed by atoms with Crippen molar-refractivity contribution >= 4 is 47.3 Å². The van der Waals surface area contributed by atoms with Gasteiger partial charge in [-0.25, -0.2) is 9.59 Å². The van der Waals surface area contributed by atoms with Gasteiger partial charge < -0.3 is 20.1 Å². The van der Waals surface area contributed by atoms with E-state index in [-0.39, 0.29) is 44.3 Å². The minimum absolute atomic E-state index is 0.0446. The molecule has 0 bridgehead atoms. The maximum absolute atomic E-state index is 14.0. The number of ether oxygens (including phenoxy) is 1. The Bertz CT molecular complexity index is 3220. The molecule has 6 aromatic carbocycles. The van der Waals surface area contributed by atoms with Crippen LogP contribution in [0.25, 0.3) is 6.08 Å². The number of esters is 1. The number of carboxylic acids is 1. The Kier molecular flexibility index (Phi) is 15.2. The Morgan fingerprint density at radius 1 is 0.644 bits per heavy atom. The van der Waals surface area contributed by atoms with Crippen molar-refractivity contribution in [2.75, 3.05) is 0 Å². The number of hydrogen-bond donors (Lipinski definition) is 3. The monoisotopic (exact) mass is 1010 g/mol. The molecule has 0 heterocycles. The number of ketones is 1. The highest BCUT2D eigenvalue weighted by molar-refractivity contribution is 7.98. The molecule has 0 spiro atoms. The summed E-state index contributed by atoms with van der Waals surface area (Å²) in [5.74, 6) is 4.29. The molecule has 73 heavy (non-hydrogen) atoms. The number of hydrogen-bond acceptors (Lipinski definition) is 8. The summed E-state index contributed by atoms with van der Waals surface area (Å²) < 4.78 is 5.65. The van der Waals surface area contributed by atoms with E-state index >= 15 is 0 Å². The van der Waals surface area contributed by atoms with E-state index in [4.69, 9.17) is 4.74 Å². The number of thioether (sulfide) groups is 2. The minimum Gasteiger partial charge on any atom is -0.507 e. The summed E-state index contributed by atoms with van der Waals surface area (Å²) in [4.78, 5) is 42.2. The van der Waals surface area contributed by atoms with Gasteiger partial charge in [-0.2, -0.15) is 0 Å². The third-order valence-electron chi connectivity index (χ3n) is 14.9. The smallest absolute Gasteiger partial charge is 0.347 e. The Hall–Kier alpha value is -6.31. The zero-order chi connectivity index (χ0) is 52.6. The van der Waals surface area contributed by atoms with Crippen LogP contribution in [0.2, 0.25) is 0 Å². The number of phenolic OH excluding ortho intramolecular Hbond substituents is 1. The number of aromatic hydroxyl groups is 1. The van der Waals surface area contributed by atoms with Crippen molar-refractivity contribution in [1.82, 2.24) is 0 Å². The number of aliphatic hydroxyl groups is 1. The topological polar surface area (TPSA) is 121 Å². The molecular formula is C64H66O7S2. The van der Waals surface area contributed by atoms with E-state index in [0.717, 1.165) is 47.0 Å². The second kappa shape index (κ2) is 20.9. The fourth-order valence-electron chi connectivity index (χ4n) is 10.0. The molecule has 8 rings (SSSR count). The molecule has 2 aliphatic carbocycles. The molecule has 0 amide bonds. The number of carbonyl (C=O) groups is 3. The van der Waals surface area contributed by atoms with Gasteiger partial charge in [-0.3, -0.25) is 4.79 Å². The first-order valence-corrected chi connectivity index (χ1v) is 27.0. The lowest BCUT2D eigenvalue weighted by molar-refractivity contribution is 0.0680. The lowest BCUT2D eigenvalue weighted by Crippen LogP contribution is -2.34. The van der Waals surface area contributed by atoms with E-state index in [1.165, 1.54) is 80.9 Å². The highest BCUT2D eigenvalue weighted by Gasteiger charge is 2.41. The van der Waals surface area contributed by atoms with Crippen LogP contribution in [-0.4, -0.2) is 33.0 Å². The first kappa shape index (κ1) is 53.0. The molecule has 0 radical (unpaired) electrons. The largest absolute Gasteiger partial charge is 0.507 e. The summed E-state index contributed by atoms with van der Waals surface area (Å²) in [6.45, 7) is 22.3. The summed E-state index contributed by atoms with van der Waals surface area (Å²) in [6.07, 6.45) is 5.99. The van der Waals surface area contributed by atoms with E-state index in [1.54, 1.807) is 35.7 Å². The van der Waals surface area contributed by atoms with Crippen LogP contribution in [0.5, 0.6) is 11.5 Å². The van der Waals surface area contributed by atoms with E-state index in [2.05, 4.69) is 142 Å². The van der Waals surface area contributed by atoms with Gasteiger partial charge in [0.2, 0.25) is 0 Å². The number of benzene rings is 6. The fourth-order valence-corrected chi connectivity index (χ4v) is 12.6. The molecule has 7 nitrogen and oxygen atoms in total. The Morgan fingerprint density at radius 2 is 1.16 bits per heavy atom. The van der Waals surface area contributed by atoms with E-state index in [9.17, 15) is 29.7 Å². The van der Waals surface area contributed by atoms with E-state index in [0.29, 0.717) is 22.3 Å². The molecule has 1 unspecified atom stereocenters. The zero-order valence-corrected chi connectivity index (χ0v) is 45.3. The number of aryl methyl sites for hydroxylation is 2. The SMILES string of the molecule is Cc1ccc(CSc2cc(C(=O)C=Cc3ccc(C(=O)O)c(OC(=O)c4ccc(C#CC(O)c5cc(SCc6ccc(C)cc6)c6c(c5)C(C)(C)CCC6(C)C)cc4O)c3)cc3c2C(C)(C)CCC3(C)C)cc1. The van der Waals surface area contributed by atoms with Gasteiger partial charge in [-0.1, -0.05) is 145 Å². The number of aliphatic hydroxyl groups excluding tert-OH is 1. The lowest BCUT2D eigenvalue weighted by Gasteiger charge is -2.43. The number of rotatable bonds is 13. The van der Waals surface area contributed by atoms with Gasteiger partial charge in [-0.15, -0.1) is 23.5 Å². The van der Waals surface area contributed by atoms with Crippen molar-refractivity contribution in [3.63, 3.8) is 0 Å². The highest BCUT2D eigenvalue weighted by Crippen LogP contribution is 2.52. The number of allylic oxidation sites excluding steroid dienone is 1. The Labute approximate surface area is 439 Å². The number of carbonyl (C=O) groups excluding carboxylic acids is 2. The summed E-state index contributed by atoms with van der Waals surface area (Å²) in [5, 5.41) is 32.8. The normalized spacial score (nSPS) is 16.4.